The van der Waals surface area contributed by atoms with Crippen LogP contribution in [0.25, 0.3) is 22.3 Å². The molecule has 1 saturated carbocycles. The molecule has 3 heterocycles. The number of carbonyl (C=O) groups is 1. The summed E-state index contributed by atoms with van der Waals surface area (Å²) < 4.78 is 0. The van der Waals surface area contributed by atoms with Crippen LogP contribution in [0, 0.1) is 0 Å². The van der Waals surface area contributed by atoms with Crippen LogP contribution in [0.3, 0.4) is 0 Å². The number of anilines is 1. The maximum Gasteiger partial charge on any atom is 0.337 e. The Morgan fingerprint density at radius 3 is 2.79 bits per heavy atom. The van der Waals surface area contributed by atoms with E-state index in [4.69, 9.17) is 5.11 Å². The van der Waals surface area contributed by atoms with E-state index >= 15 is 0 Å². The highest BCUT2D eigenvalue weighted by Crippen LogP contribution is 2.30. The maximum absolute atomic E-state index is 11.0. The lowest BCUT2D eigenvalue weighted by Gasteiger charge is -2.14. The van der Waals surface area contributed by atoms with Crippen molar-refractivity contribution in [3.63, 3.8) is 0 Å². The van der Waals surface area contributed by atoms with E-state index in [2.05, 4.69) is 20.3 Å². The van der Waals surface area contributed by atoms with Crippen molar-refractivity contribution in [2.75, 3.05) is 5.32 Å². The fourth-order valence-electron chi connectivity index (χ4n) is 3.28. The SMILES string of the molecule is O=C(O)c1ccc(-c2cc(NC3CCCC3)nc3[nH]ccc23)nc1. The number of H-pyrrole nitrogens is 1. The highest BCUT2D eigenvalue weighted by molar-refractivity contribution is 5.94. The van der Waals surface area contributed by atoms with Crippen molar-refractivity contribution in [1.82, 2.24) is 15.0 Å². The average molecular weight is 322 g/mol. The van der Waals surface area contributed by atoms with Gasteiger partial charge in [0.1, 0.15) is 11.5 Å². The van der Waals surface area contributed by atoms with Gasteiger partial charge in [0.2, 0.25) is 0 Å². The fraction of sp³-hybridized carbons (Fsp3) is 0.278. The molecule has 24 heavy (non-hydrogen) atoms. The number of aromatic nitrogens is 3. The summed E-state index contributed by atoms with van der Waals surface area (Å²) in [7, 11) is 0. The minimum Gasteiger partial charge on any atom is -0.478 e. The van der Waals surface area contributed by atoms with Crippen molar-refractivity contribution in [2.24, 2.45) is 0 Å². The number of carboxylic acid groups (broad SMARTS) is 1. The van der Waals surface area contributed by atoms with Crippen LogP contribution >= 0.6 is 0 Å². The number of fused-ring (bicyclic) bond motifs is 1. The van der Waals surface area contributed by atoms with Crippen LogP contribution in [0.2, 0.25) is 0 Å². The highest BCUT2D eigenvalue weighted by atomic mass is 16.4. The Labute approximate surface area is 139 Å². The van der Waals surface area contributed by atoms with Crippen molar-refractivity contribution in [3.05, 3.63) is 42.2 Å². The first kappa shape index (κ1) is 14.7. The Morgan fingerprint density at radius 1 is 1.25 bits per heavy atom. The molecular weight excluding hydrogens is 304 g/mol. The fourth-order valence-corrected chi connectivity index (χ4v) is 3.28. The van der Waals surface area contributed by atoms with E-state index in [-0.39, 0.29) is 5.56 Å². The number of aromatic amines is 1. The van der Waals surface area contributed by atoms with Gasteiger partial charge in [0.05, 0.1) is 11.3 Å². The number of hydrogen-bond acceptors (Lipinski definition) is 4. The molecule has 1 aliphatic rings. The lowest BCUT2D eigenvalue weighted by atomic mass is 10.1. The summed E-state index contributed by atoms with van der Waals surface area (Å²) in [5.41, 5.74) is 2.67. The third-order valence-corrected chi connectivity index (χ3v) is 4.52. The van der Waals surface area contributed by atoms with Crippen LogP contribution in [-0.4, -0.2) is 32.1 Å². The number of carboxylic acids is 1. The molecule has 0 spiro atoms. The average Bonchev–Trinajstić information content (AvgIpc) is 3.25. The molecule has 1 aliphatic carbocycles. The third-order valence-electron chi connectivity index (χ3n) is 4.52. The predicted octanol–water partition coefficient (Wildman–Crippen LogP) is 3.68. The van der Waals surface area contributed by atoms with Crippen LogP contribution in [0.1, 0.15) is 36.0 Å². The minimum atomic E-state index is -0.973. The summed E-state index contributed by atoms with van der Waals surface area (Å²) in [5, 5.41) is 13.5. The Hall–Kier alpha value is -2.89. The molecule has 3 aromatic heterocycles. The molecule has 3 aromatic rings. The molecule has 4 rings (SSSR count). The molecule has 0 aromatic carbocycles. The lowest BCUT2D eigenvalue weighted by molar-refractivity contribution is 0.0696. The molecular formula is C18H18N4O2. The maximum atomic E-state index is 11.0. The standard InChI is InChI=1S/C18H18N4O2/c23-18(24)11-5-6-15(20-10-11)14-9-16(21-12-3-1-2-4-12)22-17-13(14)7-8-19-17/h5-10,12H,1-4H2,(H,23,24)(H2,19,21,22). The summed E-state index contributed by atoms with van der Waals surface area (Å²) in [5.74, 6) is -0.143. The second-order valence-electron chi connectivity index (χ2n) is 6.16. The molecule has 122 valence electrons. The molecule has 6 nitrogen and oxygen atoms in total. The molecule has 0 saturated heterocycles. The van der Waals surface area contributed by atoms with Gasteiger partial charge in [-0.2, -0.15) is 0 Å². The predicted molar refractivity (Wildman–Crippen MR) is 92.2 cm³/mol. The number of rotatable bonds is 4. The van der Waals surface area contributed by atoms with Crippen LogP contribution in [-0.2, 0) is 0 Å². The van der Waals surface area contributed by atoms with Crippen molar-refractivity contribution in [3.8, 4) is 11.3 Å². The Bertz CT molecular complexity index is 880. The van der Waals surface area contributed by atoms with Gasteiger partial charge in [-0.3, -0.25) is 4.98 Å². The van der Waals surface area contributed by atoms with E-state index in [1.807, 2.05) is 18.3 Å². The molecule has 1 fully saturated rings. The molecule has 3 N–H and O–H groups in total. The largest absolute Gasteiger partial charge is 0.478 e. The number of pyridine rings is 2. The van der Waals surface area contributed by atoms with Gasteiger partial charge in [-0.05, 0) is 37.1 Å². The second-order valence-corrected chi connectivity index (χ2v) is 6.16. The molecule has 0 amide bonds. The molecule has 0 aliphatic heterocycles. The smallest absolute Gasteiger partial charge is 0.337 e. The van der Waals surface area contributed by atoms with Crippen LogP contribution in [0.5, 0.6) is 0 Å². The van der Waals surface area contributed by atoms with Crippen LogP contribution in [0.15, 0.2) is 36.7 Å². The first-order valence-electron chi connectivity index (χ1n) is 8.15. The van der Waals surface area contributed by atoms with Crippen molar-refractivity contribution >= 4 is 22.8 Å². The molecule has 0 atom stereocenters. The zero-order chi connectivity index (χ0) is 16.5. The van der Waals surface area contributed by atoms with Gasteiger partial charge in [0.15, 0.2) is 0 Å². The number of nitrogens with zero attached hydrogens (tertiary/aromatic N) is 2. The monoisotopic (exact) mass is 322 g/mol. The van der Waals surface area contributed by atoms with E-state index in [9.17, 15) is 4.79 Å². The van der Waals surface area contributed by atoms with Gasteiger partial charge in [0, 0.05) is 29.4 Å². The van der Waals surface area contributed by atoms with Gasteiger partial charge in [-0.15, -0.1) is 0 Å². The van der Waals surface area contributed by atoms with E-state index in [1.54, 1.807) is 12.1 Å². The zero-order valence-corrected chi connectivity index (χ0v) is 13.1. The number of hydrogen-bond donors (Lipinski definition) is 3. The van der Waals surface area contributed by atoms with E-state index in [0.29, 0.717) is 6.04 Å². The molecule has 0 radical (unpaired) electrons. The minimum absolute atomic E-state index is 0.183. The van der Waals surface area contributed by atoms with E-state index < -0.39 is 5.97 Å². The third kappa shape index (κ3) is 2.71. The van der Waals surface area contributed by atoms with Gasteiger partial charge in [-0.1, -0.05) is 12.8 Å². The molecule has 0 bridgehead atoms. The summed E-state index contributed by atoms with van der Waals surface area (Å²) in [4.78, 5) is 23.1. The van der Waals surface area contributed by atoms with Crippen LogP contribution < -0.4 is 5.32 Å². The van der Waals surface area contributed by atoms with E-state index in [0.717, 1.165) is 28.1 Å². The van der Waals surface area contributed by atoms with Crippen molar-refractivity contribution < 1.29 is 9.90 Å². The first-order chi connectivity index (χ1) is 11.7. The van der Waals surface area contributed by atoms with Crippen molar-refractivity contribution in [1.29, 1.82) is 0 Å². The summed E-state index contributed by atoms with van der Waals surface area (Å²) in [6, 6.07) is 7.75. The quantitative estimate of drug-likeness (QED) is 0.681. The van der Waals surface area contributed by atoms with E-state index in [1.165, 1.54) is 31.9 Å². The molecule has 0 unspecified atom stereocenters. The first-order valence-corrected chi connectivity index (χ1v) is 8.15. The van der Waals surface area contributed by atoms with Gasteiger partial charge in [0.25, 0.3) is 0 Å². The Kier molecular flexibility index (Phi) is 3.65. The number of nitrogens with one attached hydrogen (secondary N) is 2. The summed E-state index contributed by atoms with van der Waals surface area (Å²) in [6.45, 7) is 0. The number of aromatic carboxylic acids is 1. The normalized spacial score (nSPS) is 15.0. The summed E-state index contributed by atoms with van der Waals surface area (Å²) >= 11 is 0. The second kappa shape index (κ2) is 5.96. The van der Waals surface area contributed by atoms with Crippen LogP contribution in [0.4, 0.5) is 5.82 Å². The summed E-state index contributed by atoms with van der Waals surface area (Å²) in [6.07, 6.45) is 8.10. The highest BCUT2D eigenvalue weighted by Gasteiger charge is 2.17. The Morgan fingerprint density at radius 2 is 2.08 bits per heavy atom. The Balaban J connectivity index is 1.75. The lowest BCUT2D eigenvalue weighted by Crippen LogP contribution is -2.15. The van der Waals surface area contributed by atoms with Gasteiger partial charge >= 0.3 is 5.97 Å². The topological polar surface area (TPSA) is 90.9 Å². The van der Waals surface area contributed by atoms with Crippen molar-refractivity contribution in [2.45, 2.75) is 31.7 Å². The zero-order valence-electron chi connectivity index (χ0n) is 13.1. The van der Waals surface area contributed by atoms with Gasteiger partial charge < -0.3 is 15.4 Å². The molecule has 6 heteroatoms. The van der Waals surface area contributed by atoms with Gasteiger partial charge in [-0.25, -0.2) is 9.78 Å².